The number of nitrogens with two attached hydrogens (primary N) is 1. The van der Waals surface area contributed by atoms with E-state index in [1.807, 2.05) is 0 Å². The van der Waals surface area contributed by atoms with Crippen molar-refractivity contribution in [2.24, 2.45) is 5.73 Å². The van der Waals surface area contributed by atoms with Crippen molar-refractivity contribution in [1.82, 2.24) is 0 Å². The van der Waals surface area contributed by atoms with E-state index >= 15 is 0 Å². The van der Waals surface area contributed by atoms with Gasteiger partial charge in [-0.05, 0) is 6.42 Å². The molecule has 0 fully saturated rings. The van der Waals surface area contributed by atoms with Gasteiger partial charge in [0.1, 0.15) is 6.04 Å². The fourth-order valence-electron chi connectivity index (χ4n) is 1.84. The molecule has 0 radical (unpaired) electrons. The van der Waals surface area contributed by atoms with Gasteiger partial charge in [-0.3, -0.25) is 0 Å². The van der Waals surface area contributed by atoms with Gasteiger partial charge >= 0.3 is 6.18 Å². The molecular formula is C13H26F3N. The maximum atomic E-state index is 12.1. The van der Waals surface area contributed by atoms with Gasteiger partial charge < -0.3 is 5.73 Å². The van der Waals surface area contributed by atoms with Crippen LogP contribution in [0.15, 0.2) is 0 Å². The summed E-state index contributed by atoms with van der Waals surface area (Å²) in [6.45, 7) is 2.18. The van der Waals surface area contributed by atoms with E-state index in [4.69, 9.17) is 5.73 Å². The molecule has 4 heteroatoms. The maximum Gasteiger partial charge on any atom is 0.403 e. The molecule has 17 heavy (non-hydrogen) atoms. The average Bonchev–Trinajstić information content (AvgIpc) is 2.25. The molecule has 0 aliphatic rings. The van der Waals surface area contributed by atoms with Gasteiger partial charge in [0.05, 0.1) is 0 Å². The molecule has 0 aliphatic carbocycles. The van der Waals surface area contributed by atoms with Gasteiger partial charge in [-0.25, -0.2) is 0 Å². The van der Waals surface area contributed by atoms with Gasteiger partial charge in [-0.2, -0.15) is 13.2 Å². The van der Waals surface area contributed by atoms with Crippen LogP contribution in [0.2, 0.25) is 0 Å². The Labute approximate surface area is 103 Å². The molecule has 0 spiro atoms. The first kappa shape index (κ1) is 16.8. The second kappa shape index (κ2) is 9.75. The van der Waals surface area contributed by atoms with E-state index in [0.29, 0.717) is 6.42 Å². The van der Waals surface area contributed by atoms with Crippen molar-refractivity contribution in [1.29, 1.82) is 0 Å². The summed E-state index contributed by atoms with van der Waals surface area (Å²) in [6.07, 6.45) is 5.79. The van der Waals surface area contributed by atoms with E-state index in [1.165, 1.54) is 32.1 Å². The fourth-order valence-corrected chi connectivity index (χ4v) is 1.84. The van der Waals surface area contributed by atoms with Crippen molar-refractivity contribution in [3.63, 3.8) is 0 Å². The van der Waals surface area contributed by atoms with Crippen LogP contribution in [-0.4, -0.2) is 12.2 Å². The summed E-state index contributed by atoms with van der Waals surface area (Å²) in [4.78, 5) is 0. The molecule has 0 aromatic carbocycles. The minimum absolute atomic E-state index is 0.0688. The Morgan fingerprint density at radius 3 is 1.65 bits per heavy atom. The van der Waals surface area contributed by atoms with Crippen molar-refractivity contribution >= 4 is 0 Å². The summed E-state index contributed by atoms with van der Waals surface area (Å²) >= 11 is 0. The topological polar surface area (TPSA) is 26.0 Å². The van der Waals surface area contributed by atoms with Gasteiger partial charge in [0, 0.05) is 0 Å². The quantitative estimate of drug-likeness (QED) is 0.556. The smallest absolute Gasteiger partial charge is 0.320 e. The summed E-state index contributed by atoms with van der Waals surface area (Å²) in [5.41, 5.74) is 5.02. The van der Waals surface area contributed by atoms with Crippen molar-refractivity contribution < 1.29 is 13.2 Å². The third-order valence-electron chi connectivity index (χ3n) is 3.04. The van der Waals surface area contributed by atoms with Crippen LogP contribution in [0.5, 0.6) is 0 Å². The summed E-state index contributed by atoms with van der Waals surface area (Å²) in [7, 11) is 0. The third-order valence-corrected chi connectivity index (χ3v) is 3.04. The molecule has 1 nitrogen and oxygen atoms in total. The lowest BCUT2D eigenvalue weighted by molar-refractivity contribution is -0.149. The molecule has 0 heterocycles. The highest BCUT2D eigenvalue weighted by molar-refractivity contribution is 4.69. The van der Waals surface area contributed by atoms with Crippen LogP contribution in [-0.2, 0) is 0 Å². The van der Waals surface area contributed by atoms with E-state index in [9.17, 15) is 13.2 Å². The molecule has 1 atom stereocenters. The lowest BCUT2D eigenvalue weighted by atomic mass is 10.0. The Kier molecular flexibility index (Phi) is 9.60. The van der Waals surface area contributed by atoms with Gasteiger partial charge in [0.2, 0.25) is 0 Å². The minimum atomic E-state index is -4.22. The Morgan fingerprint density at radius 2 is 1.24 bits per heavy atom. The first-order chi connectivity index (χ1) is 7.98. The van der Waals surface area contributed by atoms with Gasteiger partial charge in [-0.1, -0.05) is 64.7 Å². The Hall–Kier alpha value is -0.250. The first-order valence-electron chi connectivity index (χ1n) is 6.80. The van der Waals surface area contributed by atoms with E-state index in [1.54, 1.807) is 0 Å². The van der Waals surface area contributed by atoms with Crippen molar-refractivity contribution in [2.75, 3.05) is 0 Å². The first-order valence-corrected chi connectivity index (χ1v) is 6.80. The molecule has 2 N–H and O–H groups in total. The molecule has 0 aromatic rings. The maximum absolute atomic E-state index is 12.1. The summed E-state index contributed by atoms with van der Waals surface area (Å²) in [5.74, 6) is 0. The number of alkyl halides is 3. The summed E-state index contributed by atoms with van der Waals surface area (Å²) in [6, 6.07) is -1.63. The second-order valence-electron chi connectivity index (χ2n) is 4.77. The number of hydrogen-bond acceptors (Lipinski definition) is 1. The molecule has 0 saturated carbocycles. The Balaban J connectivity index is 3.19. The number of hydrogen-bond donors (Lipinski definition) is 1. The molecule has 0 aliphatic heterocycles. The zero-order chi connectivity index (χ0) is 13.1. The van der Waals surface area contributed by atoms with E-state index in [0.717, 1.165) is 19.3 Å². The van der Waals surface area contributed by atoms with Crippen molar-refractivity contribution in [3.05, 3.63) is 0 Å². The van der Waals surface area contributed by atoms with Crippen molar-refractivity contribution in [2.45, 2.75) is 83.4 Å². The molecule has 0 unspecified atom stereocenters. The van der Waals surface area contributed by atoms with Crippen molar-refractivity contribution in [3.8, 4) is 0 Å². The highest BCUT2D eigenvalue weighted by atomic mass is 19.4. The predicted octanol–water partition coefficient (Wildman–Crippen LogP) is 4.80. The molecule has 0 amide bonds. The van der Waals surface area contributed by atoms with Gasteiger partial charge in [0.25, 0.3) is 0 Å². The minimum Gasteiger partial charge on any atom is -0.320 e. The van der Waals surface area contributed by atoms with Crippen LogP contribution < -0.4 is 5.73 Å². The molecule has 104 valence electrons. The molecule has 0 aromatic heterocycles. The largest absolute Gasteiger partial charge is 0.403 e. The van der Waals surface area contributed by atoms with E-state index < -0.39 is 12.2 Å². The third kappa shape index (κ3) is 10.6. The Bertz CT molecular complexity index is 169. The highest BCUT2D eigenvalue weighted by Crippen LogP contribution is 2.22. The monoisotopic (exact) mass is 253 g/mol. The van der Waals surface area contributed by atoms with Gasteiger partial charge in [-0.15, -0.1) is 0 Å². The van der Waals surface area contributed by atoms with E-state index in [-0.39, 0.29) is 6.42 Å². The lowest BCUT2D eigenvalue weighted by Crippen LogP contribution is -2.37. The van der Waals surface area contributed by atoms with Crippen LogP contribution in [0.1, 0.15) is 71.1 Å². The molecular weight excluding hydrogens is 227 g/mol. The van der Waals surface area contributed by atoms with Crippen LogP contribution in [0, 0.1) is 0 Å². The van der Waals surface area contributed by atoms with Crippen LogP contribution in [0.3, 0.4) is 0 Å². The number of unbranched alkanes of at least 4 members (excludes halogenated alkanes) is 8. The number of halogens is 3. The molecule has 0 saturated heterocycles. The highest BCUT2D eigenvalue weighted by Gasteiger charge is 2.35. The number of rotatable bonds is 10. The van der Waals surface area contributed by atoms with Crippen LogP contribution >= 0.6 is 0 Å². The average molecular weight is 253 g/mol. The SMILES string of the molecule is CCCCCCCCCCC[C@@H](N)C(F)(F)F. The van der Waals surface area contributed by atoms with Crippen LogP contribution in [0.4, 0.5) is 13.2 Å². The molecule has 0 bridgehead atoms. The second-order valence-corrected chi connectivity index (χ2v) is 4.77. The predicted molar refractivity (Wildman–Crippen MR) is 65.9 cm³/mol. The summed E-state index contributed by atoms with van der Waals surface area (Å²) in [5, 5.41) is 0. The zero-order valence-electron chi connectivity index (χ0n) is 10.9. The normalized spacial score (nSPS) is 13.9. The zero-order valence-corrected chi connectivity index (χ0v) is 10.9. The Morgan fingerprint density at radius 1 is 0.824 bits per heavy atom. The van der Waals surface area contributed by atoms with Crippen LogP contribution in [0.25, 0.3) is 0 Å². The van der Waals surface area contributed by atoms with E-state index in [2.05, 4.69) is 6.92 Å². The fraction of sp³-hybridized carbons (Fsp3) is 1.00. The molecule has 0 rings (SSSR count). The lowest BCUT2D eigenvalue weighted by Gasteiger charge is -2.14. The summed E-state index contributed by atoms with van der Waals surface area (Å²) < 4.78 is 36.2. The van der Waals surface area contributed by atoms with Gasteiger partial charge in [0.15, 0.2) is 0 Å². The standard InChI is InChI=1S/C13H26F3N/c1-2-3-4-5-6-7-8-9-10-11-12(17)13(14,15)16/h12H,2-11,17H2,1H3/t12-/m1/s1.